The van der Waals surface area contributed by atoms with Crippen molar-refractivity contribution in [3.05, 3.63) is 82.6 Å². The highest BCUT2D eigenvalue weighted by Gasteiger charge is 2.16. The van der Waals surface area contributed by atoms with Crippen molar-refractivity contribution in [2.75, 3.05) is 11.9 Å². The molecule has 0 bridgehead atoms. The molecule has 0 saturated carbocycles. The van der Waals surface area contributed by atoms with Crippen molar-refractivity contribution < 1.29 is 9.53 Å². The number of rotatable bonds is 4. The summed E-state index contributed by atoms with van der Waals surface area (Å²) >= 11 is 0. The zero-order valence-electron chi connectivity index (χ0n) is 15.7. The van der Waals surface area contributed by atoms with Gasteiger partial charge in [-0.05, 0) is 36.6 Å². The van der Waals surface area contributed by atoms with E-state index < -0.39 is 5.91 Å². The Kier molecular flexibility index (Phi) is 4.57. The van der Waals surface area contributed by atoms with Gasteiger partial charge in [-0.2, -0.15) is 0 Å². The van der Waals surface area contributed by atoms with E-state index in [9.17, 15) is 9.59 Å². The Hall–Kier alpha value is -3.60. The van der Waals surface area contributed by atoms with E-state index in [1.165, 1.54) is 0 Å². The number of aryl methyl sites for hydroxylation is 1. The maximum Gasteiger partial charge on any atom is 0.261 e. The fourth-order valence-electron chi connectivity index (χ4n) is 3.41. The van der Waals surface area contributed by atoms with Crippen molar-refractivity contribution in [1.82, 2.24) is 4.57 Å². The standard InChI is InChI=1S/C23H20N2O3/c1-3-28-16-11-12-21-18(13-16)22(26)19(14-25(21)2)23(27)24-20-10-6-8-15-7-4-5-9-17(15)20/h4-14H,3H2,1-2H3,(H,24,27). The summed E-state index contributed by atoms with van der Waals surface area (Å²) in [5.74, 6) is 0.180. The van der Waals surface area contributed by atoms with Gasteiger partial charge in [0.1, 0.15) is 11.3 Å². The summed E-state index contributed by atoms with van der Waals surface area (Å²) in [4.78, 5) is 25.9. The van der Waals surface area contributed by atoms with Gasteiger partial charge in [0.15, 0.2) is 0 Å². The van der Waals surface area contributed by atoms with Gasteiger partial charge in [-0.25, -0.2) is 0 Å². The molecule has 140 valence electrons. The van der Waals surface area contributed by atoms with Gasteiger partial charge in [0, 0.05) is 24.3 Å². The second-order valence-electron chi connectivity index (χ2n) is 6.58. The van der Waals surface area contributed by atoms with Crippen molar-refractivity contribution >= 4 is 33.3 Å². The minimum Gasteiger partial charge on any atom is -0.494 e. The van der Waals surface area contributed by atoms with E-state index in [0.29, 0.717) is 23.4 Å². The zero-order chi connectivity index (χ0) is 19.7. The molecule has 5 heteroatoms. The van der Waals surface area contributed by atoms with Gasteiger partial charge in [0.2, 0.25) is 5.43 Å². The number of ether oxygens (including phenoxy) is 1. The Balaban J connectivity index is 1.78. The first kappa shape index (κ1) is 17.8. The Morgan fingerprint density at radius 2 is 1.82 bits per heavy atom. The molecule has 0 aliphatic carbocycles. The molecule has 5 nitrogen and oxygen atoms in total. The molecular formula is C23H20N2O3. The van der Waals surface area contributed by atoms with Crippen LogP contribution in [0.5, 0.6) is 5.75 Å². The molecule has 0 radical (unpaired) electrons. The van der Waals surface area contributed by atoms with Gasteiger partial charge in [-0.15, -0.1) is 0 Å². The first-order valence-corrected chi connectivity index (χ1v) is 9.14. The number of carbonyl (C=O) groups excluding carboxylic acids is 1. The largest absolute Gasteiger partial charge is 0.494 e. The van der Waals surface area contributed by atoms with Crippen LogP contribution in [0.25, 0.3) is 21.7 Å². The minimum absolute atomic E-state index is 0.0941. The third kappa shape index (κ3) is 3.11. The van der Waals surface area contributed by atoms with Crippen LogP contribution in [0.15, 0.2) is 71.7 Å². The third-order valence-electron chi connectivity index (χ3n) is 4.75. The number of fused-ring (bicyclic) bond motifs is 2. The van der Waals surface area contributed by atoms with E-state index in [-0.39, 0.29) is 11.0 Å². The SMILES string of the molecule is CCOc1ccc2c(c1)c(=O)c(C(=O)Nc1cccc3ccccc13)cn2C. The summed E-state index contributed by atoms with van der Waals surface area (Å²) in [6.07, 6.45) is 1.57. The fraction of sp³-hybridized carbons (Fsp3) is 0.130. The first-order valence-electron chi connectivity index (χ1n) is 9.14. The molecule has 0 saturated heterocycles. The van der Waals surface area contributed by atoms with E-state index in [1.807, 2.05) is 68.6 Å². The van der Waals surface area contributed by atoms with Crippen LogP contribution in [-0.4, -0.2) is 17.1 Å². The van der Waals surface area contributed by atoms with Crippen molar-refractivity contribution in [3.8, 4) is 5.75 Å². The van der Waals surface area contributed by atoms with Gasteiger partial charge in [0.05, 0.1) is 17.5 Å². The highest BCUT2D eigenvalue weighted by atomic mass is 16.5. The molecule has 0 aliphatic heterocycles. The topological polar surface area (TPSA) is 60.3 Å². The average Bonchev–Trinajstić information content (AvgIpc) is 2.71. The summed E-state index contributed by atoms with van der Waals surface area (Å²) in [5.41, 5.74) is 1.20. The maximum atomic E-state index is 13.0. The van der Waals surface area contributed by atoms with Crippen LogP contribution in [0.4, 0.5) is 5.69 Å². The van der Waals surface area contributed by atoms with E-state index in [1.54, 1.807) is 16.8 Å². The van der Waals surface area contributed by atoms with Gasteiger partial charge >= 0.3 is 0 Å². The van der Waals surface area contributed by atoms with Gasteiger partial charge in [-0.3, -0.25) is 9.59 Å². The number of nitrogens with zero attached hydrogens (tertiary/aromatic N) is 1. The second-order valence-corrected chi connectivity index (χ2v) is 6.58. The molecule has 1 aromatic heterocycles. The predicted molar refractivity (Wildman–Crippen MR) is 112 cm³/mol. The highest BCUT2D eigenvalue weighted by molar-refractivity contribution is 6.10. The number of hydrogen-bond donors (Lipinski definition) is 1. The molecule has 1 amide bonds. The van der Waals surface area contributed by atoms with Gasteiger partial charge in [-0.1, -0.05) is 36.4 Å². The maximum absolute atomic E-state index is 13.0. The summed E-state index contributed by atoms with van der Waals surface area (Å²) in [6.45, 7) is 2.39. The smallest absolute Gasteiger partial charge is 0.261 e. The molecule has 0 spiro atoms. The number of nitrogens with one attached hydrogen (secondary N) is 1. The Labute approximate surface area is 162 Å². The Morgan fingerprint density at radius 3 is 2.64 bits per heavy atom. The predicted octanol–water partition coefficient (Wildman–Crippen LogP) is 4.34. The number of amides is 1. The summed E-state index contributed by atoms with van der Waals surface area (Å²) in [7, 11) is 1.82. The molecule has 0 fully saturated rings. The Morgan fingerprint density at radius 1 is 1.04 bits per heavy atom. The molecule has 0 aliphatic rings. The molecule has 3 aromatic carbocycles. The average molecular weight is 372 g/mol. The van der Waals surface area contributed by atoms with Crippen LogP contribution in [-0.2, 0) is 7.05 Å². The van der Waals surface area contributed by atoms with Gasteiger partial charge in [0.25, 0.3) is 5.91 Å². The lowest BCUT2D eigenvalue weighted by atomic mass is 10.1. The molecule has 0 unspecified atom stereocenters. The zero-order valence-corrected chi connectivity index (χ0v) is 15.7. The van der Waals surface area contributed by atoms with Crippen LogP contribution in [0.2, 0.25) is 0 Å². The van der Waals surface area contributed by atoms with Crippen LogP contribution in [0.3, 0.4) is 0 Å². The van der Waals surface area contributed by atoms with Crippen LogP contribution >= 0.6 is 0 Å². The molecular weight excluding hydrogens is 352 g/mol. The lowest BCUT2D eigenvalue weighted by Gasteiger charge is -2.12. The van der Waals surface area contributed by atoms with Gasteiger partial charge < -0.3 is 14.6 Å². The number of carbonyl (C=O) groups is 1. The van der Waals surface area contributed by atoms with Crippen molar-refractivity contribution in [1.29, 1.82) is 0 Å². The molecule has 1 N–H and O–H groups in total. The van der Waals surface area contributed by atoms with Crippen LogP contribution < -0.4 is 15.5 Å². The normalized spacial score (nSPS) is 10.9. The summed E-state index contributed by atoms with van der Waals surface area (Å²) < 4.78 is 7.29. The number of benzene rings is 3. The molecule has 28 heavy (non-hydrogen) atoms. The number of anilines is 1. The Bertz CT molecular complexity index is 1250. The van der Waals surface area contributed by atoms with E-state index in [0.717, 1.165) is 16.3 Å². The minimum atomic E-state index is -0.430. The molecule has 1 heterocycles. The quantitative estimate of drug-likeness (QED) is 0.580. The molecule has 4 aromatic rings. The van der Waals surface area contributed by atoms with E-state index >= 15 is 0 Å². The highest BCUT2D eigenvalue weighted by Crippen LogP contribution is 2.24. The lowest BCUT2D eigenvalue weighted by molar-refractivity contribution is 0.102. The van der Waals surface area contributed by atoms with Crippen LogP contribution in [0.1, 0.15) is 17.3 Å². The number of pyridine rings is 1. The number of aromatic nitrogens is 1. The lowest BCUT2D eigenvalue weighted by Crippen LogP contribution is -2.23. The molecule has 4 rings (SSSR count). The van der Waals surface area contributed by atoms with Crippen molar-refractivity contribution in [3.63, 3.8) is 0 Å². The van der Waals surface area contributed by atoms with Crippen molar-refractivity contribution in [2.24, 2.45) is 7.05 Å². The first-order chi connectivity index (χ1) is 13.6. The molecule has 0 atom stereocenters. The monoisotopic (exact) mass is 372 g/mol. The number of hydrogen-bond acceptors (Lipinski definition) is 3. The third-order valence-corrected chi connectivity index (χ3v) is 4.75. The summed E-state index contributed by atoms with van der Waals surface area (Å²) in [5, 5.41) is 5.29. The van der Waals surface area contributed by atoms with E-state index in [2.05, 4.69) is 5.32 Å². The van der Waals surface area contributed by atoms with Crippen molar-refractivity contribution in [2.45, 2.75) is 6.92 Å². The summed E-state index contributed by atoms with van der Waals surface area (Å²) in [6, 6.07) is 18.8. The van der Waals surface area contributed by atoms with Crippen LogP contribution in [0, 0.1) is 0 Å². The second kappa shape index (κ2) is 7.19. The van der Waals surface area contributed by atoms with E-state index in [4.69, 9.17) is 4.74 Å². The fourth-order valence-corrected chi connectivity index (χ4v) is 3.41.